The summed E-state index contributed by atoms with van der Waals surface area (Å²) in [5.74, 6) is -0.149. The van der Waals surface area contributed by atoms with Crippen LogP contribution in [-0.2, 0) is 14.3 Å². The number of hydrogen-bond acceptors (Lipinski definition) is 5. The van der Waals surface area contributed by atoms with Crippen LogP contribution in [0.5, 0.6) is 0 Å². The quantitative estimate of drug-likeness (QED) is 0.727. The van der Waals surface area contributed by atoms with Crippen LogP contribution < -0.4 is 15.5 Å². The number of rotatable bonds is 6. The molecule has 1 unspecified atom stereocenters. The van der Waals surface area contributed by atoms with Gasteiger partial charge in [0.05, 0.1) is 29.8 Å². The van der Waals surface area contributed by atoms with E-state index < -0.39 is 0 Å². The highest BCUT2D eigenvalue weighted by atomic mass is 32.2. The topological polar surface area (TPSA) is 70.7 Å². The van der Waals surface area contributed by atoms with Gasteiger partial charge in [0.2, 0.25) is 11.8 Å². The van der Waals surface area contributed by atoms with Gasteiger partial charge in [-0.1, -0.05) is 12.1 Å². The minimum atomic E-state index is -0.260. The lowest BCUT2D eigenvalue weighted by Crippen LogP contribution is -2.37. The second-order valence-electron chi connectivity index (χ2n) is 6.57. The standard InChI is InChI=1S/C21H25N3O3S/c1-15(28-18-9-7-17(8-10-18)22-16(2)25)21(26)23-19-5-3-4-6-20(19)24-11-13-27-14-12-24/h3-10,15H,11-14H2,1-2H3,(H,22,25)(H,23,26). The molecular weight excluding hydrogens is 374 g/mol. The third kappa shape index (κ3) is 5.50. The molecule has 0 saturated carbocycles. The molecule has 1 atom stereocenters. The van der Waals surface area contributed by atoms with Gasteiger partial charge in [-0.25, -0.2) is 0 Å². The average Bonchev–Trinajstić information content (AvgIpc) is 2.70. The lowest BCUT2D eigenvalue weighted by molar-refractivity contribution is -0.115. The van der Waals surface area contributed by atoms with Crippen molar-refractivity contribution in [3.63, 3.8) is 0 Å². The SMILES string of the molecule is CC(=O)Nc1ccc(SC(C)C(=O)Nc2ccccc2N2CCOCC2)cc1. The van der Waals surface area contributed by atoms with Crippen LogP contribution in [0.4, 0.5) is 17.1 Å². The fourth-order valence-electron chi connectivity index (χ4n) is 2.97. The normalized spacial score (nSPS) is 15.0. The van der Waals surface area contributed by atoms with Crippen molar-refractivity contribution in [1.82, 2.24) is 0 Å². The Morgan fingerprint density at radius 3 is 2.39 bits per heavy atom. The van der Waals surface area contributed by atoms with Gasteiger partial charge in [-0.05, 0) is 43.3 Å². The van der Waals surface area contributed by atoms with E-state index in [1.54, 1.807) is 0 Å². The van der Waals surface area contributed by atoms with Crippen LogP contribution in [0.2, 0.25) is 0 Å². The molecule has 148 valence electrons. The van der Waals surface area contributed by atoms with Crippen LogP contribution in [-0.4, -0.2) is 43.4 Å². The summed E-state index contributed by atoms with van der Waals surface area (Å²) in [5, 5.41) is 5.54. The van der Waals surface area contributed by atoms with Gasteiger partial charge in [-0.3, -0.25) is 9.59 Å². The maximum absolute atomic E-state index is 12.7. The van der Waals surface area contributed by atoms with E-state index in [1.807, 2.05) is 55.5 Å². The number of anilines is 3. The Kier molecular flexibility index (Phi) is 6.95. The minimum Gasteiger partial charge on any atom is -0.378 e. The Balaban J connectivity index is 1.62. The zero-order valence-corrected chi connectivity index (χ0v) is 16.9. The third-order valence-corrected chi connectivity index (χ3v) is 5.48. The van der Waals surface area contributed by atoms with Gasteiger partial charge >= 0.3 is 0 Å². The second kappa shape index (κ2) is 9.61. The first-order valence-electron chi connectivity index (χ1n) is 9.30. The molecule has 28 heavy (non-hydrogen) atoms. The largest absolute Gasteiger partial charge is 0.378 e. The number of nitrogens with one attached hydrogen (secondary N) is 2. The maximum atomic E-state index is 12.7. The van der Waals surface area contributed by atoms with Crippen molar-refractivity contribution in [3.05, 3.63) is 48.5 Å². The van der Waals surface area contributed by atoms with E-state index in [0.717, 1.165) is 35.0 Å². The molecule has 0 spiro atoms. The number of nitrogens with zero attached hydrogens (tertiary/aromatic N) is 1. The molecule has 1 saturated heterocycles. The van der Waals surface area contributed by atoms with E-state index in [4.69, 9.17) is 4.74 Å². The molecule has 0 radical (unpaired) electrons. The fourth-order valence-corrected chi connectivity index (χ4v) is 3.84. The second-order valence-corrected chi connectivity index (χ2v) is 7.99. The molecule has 1 aliphatic heterocycles. The lowest BCUT2D eigenvalue weighted by Gasteiger charge is -2.30. The van der Waals surface area contributed by atoms with E-state index in [0.29, 0.717) is 13.2 Å². The zero-order valence-electron chi connectivity index (χ0n) is 16.1. The number of ether oxygens (including phenoxy) is 1. The van der Waals surface area contributed by atoms with Crippen molar-refractivity contribution in [3.8, 4) is 0 Å². The Morgan fingerprint density at radius 2 is 1.71 bits per heavy atom. The first kappa shape index (κ1) is 20.2. The number of thioether (sulfide) groups is 1. The van der Waals surface area contributed by atoms with E-state index in [9.17, 15) is 9.59 Å². The van der Waals surface area contributed by atoms with Crippen LogP contribution in [0.1, 0.15) is 13.8 Å². The Bertz CT molecular complexity index is 820. The van der Waals surface area contributed by atoms with E-state index in [-0.39, 0.29) is 17.1 Å². The summed E-state index contributed by atoms with van der Waals surface area (Å²) in [4.78, 5) is 27.0. The summed E-state index contributed by atoms with van der Waals surface area (Å²) in [6, 6.07) is 15.3. The smallest absolute Gasteiger partial charge is 0.237 e. The molecule has 1 fully saturated rings. The van der Waals surface area contributed by atoms with Gasteiger partial charge in [0.1, 0.15) is 0 Å². The first-order valence-corrected chi connectivity index (χ1v) is 10.2. The van der Waals surface area contributed by atoms with Gasteiger partial charge in [-0.15, -0.1) is 11.8 Å². The highest BCUT2D eigenvalue weighted by Gasteiger charge is 2.19. The number of amides is 2. The molecule has 0 aromatic heterocycles. The molecule has 2 aromatic carbocycles. The summed E-state index contributed by atoms with van der Waals surface area (Å²) >= 11 is 1.48. The fraction of sp³-hybridized carbons (Fsp3) is 0.333. The van der Waals surface area contributed by atoms with Gasteiger partial charge in [0, 0.05) is 30.6 Å². The predicted octanol–water partition coefficient (Wildman–Crippen LogP) is 3.60. The number of para-hydroxylation sites is 2. The molecule has 2 amide bonds. The zero-order chi connectivity index (χ0) is 19.9. The highest BCUT2D eigenvalue weighted by molar-refractivity contribution is 8.00. The number of benzene rings is 2. The monoisotopic (exact) mass is 399 g/mol. The van der Waals surface area contributed by atoms with Gasteiger partial charge in [0.25, 0.3) is 0 Å². The van der Waals surface area contributed by atoms with Gasteiger partial charge < -0.3 is 20.3 Å². The predicted molar refractivity (Wildman–Crippen MR) is 114 cm³/mol. The van der Waals surface area contributed by atoms with Crippen molar-refractivity contribution >= 4 is 40.6 Å². The number of carbonyl (C=O) groups is 2. The highest BCUT2D eigenvalue weighted by Crippen LogP contribution is 2.29. The molecule has 6 nitrogen and oxygen atoms in total. The van der Waals surface area contributed by atoms with Crippen LogP contribution in [0.3, 0.4) is 0 Å². The van der Waals surface area contributed by atoms with Crippen molar-refractivity contribution in [1.29, 1.82) is 0 Å². The number of hydrogen-bond donors (Lipinski definition) is 2. The van der Waals surface area contributed by atoms with Crippen molar-refractivity contribution in [2.45, 2.75) is 24.0 Å². The van der Waals surface area contributed by atoms with Crippen LogP contribution in [0.25, 0.3) is 0 Å². The van der Waals surface area contributed by atoms with Gasteiger partial charge in [0.15, 0.2) is 0 Å². The molecule has 0 bridgehead atoms. The van der Waals surface area contributed by atoms with Crippen LogP contribution >= 0.6 is 11.8 Å². The maximum Gasteiger partial charge on any atom is 0.237 e. The molecule has 2 N–H and O–H groups in total. The van der Waals surface area contributed by atoms with Gasteiger partial charge in [-0.2, -0.15) is 0 Å². The molecule has 3 rings (SSSR count). The van der Waals surface area contributed by atoms with Crippen molar-refractivity contribution in [2.75, 3.05) is 41.8 Å². The third-order valence-electron chi connectivity index (χ3n) is 4.37. The van der Waals surface area contributed by atoms with E-state index >= 15 is 0 Å². The molecule has 1 aliphatic rings. The lowest BCUT2D eigenvalue weighted by atomic mass is 10.2. The molecular formula is C21H25N3O3S. The summed E-state index contributed by atoms with van der Waals surface area (Å²) in [5.41, 5.74) is 2.59. The van der Waals surface area contributed by atoms with Crippen LogP contribution in [0, 0.1) is 0 Å². The molecule has 2 aromatic rings. The van der Waals surface area contributed by atoms with Crippen molar-refractivity contribution in [2.24, 2.45) is 0 Å². The number of morpholine rings is 1. The summed E-state index contributed by atoms with van der Waals surface area (Å²) in [6.45, 7) is 6.39. The summed E-state index contributed by atoms with van der Waals surface area (Å²) < 4.78 is 5.42. The van der Waals surface area contributed by atoms with E-state index in [1.165, 1.54) is 18.7 Å². The average molecular weight is 400 g/mol. The first-order chi connectivity index (χ1) is 13.5. The van der Waals surface area contributed by atoms with Crippen LogP contribution in [0.15, 0.2) is 53.4 Å². The Morgan fingerprint density at radius 1 is 1.04 bits per heavy atom. The van der Waals surface area contributed by atoms with E-state index in [2.05, 4.69) is 15.5 Å². The molecule has 7 heteroatoms. The Labute approximate surface area is 169 Å². The summed E-state index contributed by atoms with van der Waals surface area (Å²) in [7, 11) is 0. The Hall–Kier alpha value is -2.51. The summed E-state index contributed by atoms with van der Waals surface area (Å²) in [6.07, 6.45) is 0. The minimum absolute atomic E-state index is 0.0448. The number of carbonyl (C=O) groups excluding carboxylic acids is 2. The molecule has 0 aliphatic carbocycles. The van der Waals surface area contributed by atoms with Crippen molar-refractivity contribution < 1.29 is 14.3 Å². The molecule has 1 heterocycles.